The Labute approximate surface area is 127 Å². The lowest BCUT2D eigenvalue weighted by Gasteiger charge is -2.16. The quantitative estimate of drug-likeness (QED) is 0.649. The molecule has 0 radical (unpaired) electrons. The summed E-state index contributed by atoms with van der Waals surface area (Å²) in [5, 5.41) is 6.40. The van der Waals surface area contributed by atoms with Crippen LogP contribution in [0, 0.1) is 6.92 Å². The van der Waals surface area contributed by atoms with Gasteiger partial charge < -0.3 is 15.1 Å². The first-order valence-corrected chi connectivity index (χ1v) is 7.34. The number of carbonyl (C=O) groups excluding carboxylic acids is 1. The van der Waals surface area contributed by atoms with Crippen LogP contribution in [0.15, 0.2) is 16.5 Å². The molecular formula is C15H25ClN2O2. The van der Waals surface area contributed by atoms with Gasteiger partial charge in [-0.2, -0.15) is 0 Å². The third kappa shape index (κ3) is 5.55. The van der Waals surface area contributed by atoms with Crippen molar-refractivity contribution >= 4 is 18.3 Å². The zero-order valence-electron chi connectivity index (χ0n) is 12.1. The van der Waals surface area contributed by atoms with Crippen molar-refractivity contribution in [3.63, 3.8) is 0 Å². The third-order valence-corrected chi connectivity index (χ3v) is 3.66. The van der Waals surface area contributed by atoms with Gasteiger partial charge in [-0.25, -0.2) is 0 Å². The van der Waals surface area contributed by atoms with Crippen LogP contribution < -0.4 is 10.6 Å². The number of hydrogen-bond donors (Lipinski definition) is 2. The Hall–Kier alpha value is -1.00. The maximum atomic E-state index is 11.7. The third-order valence-electron chi connectivity index (χ3n) is 3.66. The van der Waals surface area contributed by atoms with Crippen molar-refractivity contribution < 1.29 is 9.21 Å². The summed E-state index contributed by atoms with van der Waals surface area (Å²) < 4.78 is 5.28. The second-order valence-electron chi connectivity index (χ2n) is 5.31. The van der Waals surface area contributed by atoms with Gasteiger partial charge in [0.05, 0.1) is 0 Å². The van der Waals surface area contributed by atoms with Crippen LogP contribution in [-0.4, -0.2) is 25.0 Å². The normalized spacial score (nSPS) is 16.2. The summed E-state index contributed by atoms with van der Waals surface area (Å²) in [6.45, 7) is 3.32. The van der Waals surface area contributed by atoms with Crippen molar-refractivity contribution in [2.75, 3.05) is 13.1 Å². The summed E-state index contributed by atoms with van der Waals surface area (Å²) in [5.74, 6) is 1.03. The summed E-state index contributed by atoms with van der Waals surface area (Å²) in [6.07, 6.45) is 7.93. The molecule has 0 aromatic carbocycles. The molecule has 1 aliphatic carbocycles. The summed E-state index contributed by atoms with van der Waals surface area (Å²) in [4.78, 5) is 11.7. The first kappa shape index (κ1) is 17.1. The number of furan rings is 1. The smallest absolute Gasteiger partial charge is 0.287 e. The van der Waals surface area contributed by atoms with E-state index in [9.17, 15) is 4.79 Å². The van der Waals surface area contributed by atoms with E-state index in [1.54, 1.807) is 12.1 Å². The molecule has 1 fully saturated rings. The minimum absolute atomic E-state index is 0. The average Bonchev–Trinajstić information content (AvgIpc) is 2.68. The van der Waals surface area contributed by atoms with Gasteiger partial charge in [-0.3, -0.25) is 4.79 Å². The number of aryl methyl sites for hydroxylation is 1. The van der Waals surface area contributed by atoms with Crippen molar-refractivity contribution in [3.05, 3.63) is 23.7 Å². The topological polar surface area (TPSA) is 54.3 Å². The van der Waals surface area contributed by atoms with E-state index in [0.717, 1.165) is 12.3 Å². The molecule has 0 aliphatic heterocycles. The molecule has 0 atom stereocenters. The predicted molar refractivity (Wildman–Crippen MR) is 82.5 cm³/mol. The van der Waals surface area contributed by atoms with Crippen molar-refractivity contribution in [1.82, 2.24) is 10.6 Å². The fourth-order valence-electron chi connectivity index (χ4n) is 2.58. The van der Waals surface area contributed by atoms with Gasteiger partial charge in [0.15, 0.2) is 5.76 Å². The number of amides is 1. The maximum absolute atomic E-state index is 11.7. The van der Waals surface area contributed by atoms with E-state index in [1.807, 2.05) is 6.92 Å². The van der Waals surface area contributed by atoms with Crippen molar-refractivity contribution in [1.29, 1.82) is 0 Å². The predicted octanol–water partition coefficient (Wildman–Crippen LogP) is 3.05. The molecule has 1 aromatic heterocycles. The molecule has 1 aromatic rings. The molecule has 1 saturated carbocycles. The monoisotopic (exact) mass is 300 g/mol. The standard InChI is InChI=1S/C15H24N2O2.ClH/c1-12-8-9-14(19-12)15(18)17-11-10-16-13-6-4-2-3-5-7-13;/h8-9,13,16H,2-7,10-11H2,1H3,(H,17,18);1H. The van der Waals surface area contributed by atoms with Crippen LogP contribution in [-0.2, 0) is 0 Å². The fraction of sp³-hybridized carbons (Fsp3) is 0.667. The highest BCUT2D eigenvalue weighted by Gasteiger charge is 2.12. The average molecular weight is 301 g/mol. The Kier molecular flexibility index (Phi) is 7.70. The highest BCUT2D eigenvalue weighted by Crippen LogP contribution is 2.16. The molecule has 0 unspecified atom stereocenters. The Morgan fingerprint density at radius 1 is 1.20 bits per heavy atom. The van der Waals surface area contributed by atoms with E-state index in [2.05, 4.69) is 10.6 Å². The molecule has 114 valence electrons. The first-order chi connectivity index (χ1) is 9.25. The summed E-state index contributed by atoms with van der Waals surface area (Å²) in [6, 6.07) is 4.15. The van der Waals surface area contributed by atoms with E-state index in [0.29, 0.717) is 18.3 Å². The molecule has 1 aliphatic rings. The van der Waals surface area contributed by atoms with Gasteiger partial charge in [-0.15, -0.1) is 12.4 Å². The fourth-order valence-corrected chi connectivity index (χ4v) is 2.58. The molecule has 2 N–H and O–H groups in total. The molecular weight excluding hydrogens is 276 g/mol. The van der Waals surface area contributed by atoms with Crippen LogP contribution >= 0.6 is 12.4 Å². The SMILES string of the molecule is Cc1ccc(C(=O)NCCNC2CCCCCC2)o1.Cl. The van der Waals surface area contributed by atoms with E-state index in [-0.39, 0.29) is 18.3 Å². The molecule has 1 heterocycles. The van der Waals surface area contributed by atoms with Gasteiger partial charge in [0, 0.05) is 19.1 Å². The zero-order valence-corrected chi connectivity index (χ0v) is 12.9. The molecule has 0 bridgehead atoms. The molecule has 2 rings (SSSR count). The number of nitrogens with one attached hydrogen (secondary N) is 2. The van der Waals surface area contributed by atoms with Gasteiger partial charge in [0.25, 0.3) is 5.91 Å². The van der Waals surface area contributed by atoms with Crippen molar-refractivity contribution in [3.8, 4) is 0 Å². The van der Waals surface area contributed by atoms with Gasteiger partial charge in [0.1, 0.15) is 5.76 Å². The van der Waals surface area contributed by atoms with Crippen LogP contribution in [0.2, 0.25) is 0 Å². The van der Waals surface area contributed by atoms with Crippen LogP contribution in [0.25, 0.3) is 0 Å². The second kappa shape index (κ2) is 9.03. The Balaban J connectivity index is 0.00000200. The number of hydrogen-bond acceptors (Lipinski definition) is 3. The molecule has 5 heteroatoms. The van der Waals surface area contributed by atoms with E-state index >= 15 is 0 Å². The van der Waals surface area contributed by atoms with Crippen LogP contribution in [0.5, 0.6) is 0 Å². The molecule has 0 spiro atoms. The van der Waals surface area contributed by atoms with E-state index in [4.69, 9.17) is 4.42 Å². The summed E-state index contributed by atoms with van der Waals surface area (Å²) >= 11 is 0. The molecule has 4 nitrogen and oxygen atoms in total. The van der Waals surface area contributed by atoms with Gasteiger partial charge in [0.2, 0.25) is 0 Å². The number of carbonyl (C=O) groups is 1. The first-order valence-electron chi connectivity index (χ1n) is 7.34. The number of halogens is 1. The Morgan fingerprint density at radius 2 is 1.90 bits per heavy atom. The molecule has 20 heavy (non-hydrogen) atoms. The number of rotatable bonds is 5. The zero-order chi connectivity index (χ0) is 13.5. The van der Waals surface area contributed by atoms with E-state index in [1.165, 1.54) is 38.5 Å². The second-order valence-corrected chi connectivity index (χ2v) is 5.31. The van der Waals surface area contributed by atoms with Crippen LogP contribution in [0.1, 0.15) is 54.8 Å². The Bertz CT molecular complexity index is 398. The summed E-state index contributed by atoms with van der Waals surface area (Å²) in [5.41, 5.74) is 0. The van der Waals surface area contributed by atoms with Crippen molar-refractivity contribution in [2.24, 2.45) is 0 Å². The maximum Gasteiger partial charge on any atom is 0.287 e. The largest absolute Gasteiger partial charge is 0.456 e. The van der Waals surface area contributed by atoms with Gasteiger partial charge >= 0.3 is 0 Å². The van der Waals surface area contributed by atoms with E-state index < -0.39 is 0 Å². The van der Waals surface area contributed by atoms with Crippen LogP contribution in [0.3, 0.4) is 0 Å². The minimum atomic E-state index is -0.129. The summed E-state index contributed by atoms with van der Waals surface area (Å²) in [7, 11) is 0. The van der Waals surface area contributed by atoms with Crippen LogP contribution in [0.4, 0.5) is 0 Å². The molecule has 0 saturated heterocycles. The lowest BCUT2D eigenvalue weighted by atomic mass is 10.1. The Morgan fingerprint density at radius 3 is 2.50 bits per heavy atom. The highest BCUT2D eigenvalue weighted by atomic mass is 35.5. The van der Waals surface area contributed by atoms with Gasteiger partial charge in [-0.05, 0) is 31.9 Å². The highest BCUT2D eigenvalue weighted by molar-refractivity contribution is 5.91. The lowest BCUT2D eigenvalue weighted by Crippen LogP contribution is -2.36. The van der Waals surface area contributed by atoms with Gasteiger partial charge in [-0.1, -0.05) is 25.7 Å². The minimum Gasteiger partial charge on any atom is -0.456 e. The lowest BCUT2D eigenvalue weighted by molar-refractivity contribution is 0.0924. The van der Waals surface area contributed by atoms with Crippen molar-refractivity contribution in [2.45, 2.75) is 51.5 Å². The molecule has 1 amide bonds.